The van der Waals surface area contributed by atoms with E-state index in [2.05, 4.69) is 10.2 Å². The van der Waals surface area contributed by atoms with E-state index in [1.807, 2.05) is 11.5 Å². The summed E-state index contributed by atoms with van der Waals surface area (Å²) in [7, 11) is -2.84. The van der Waals surface area contributed by atoms with E-state index in [-0.39, 0.29) is 17.5 Å². The van der Waals surface area contributed by atoms with Crippen molar-refractivity contribution in [2.75, 3.05) is 11.5 Å². The van der Waals surface area contributed by atoms with Crippen LogP contribution in [0.15, 0.2) is 0 Å². The maximum absolute atomic E-state index is 11.3. The van der Waals surface area contributed by atoms with E-state index >= 15 is 0 Å². The quantitative estimate of drug-likeness (QED) is 0.805. The van der Waals surface area contributed by atoms with Gasteiger partial charge in [0.2, 0.25) is 5.28 Å². The van der Waals surface area contributed by atoms with Crippen LogP contribution < -0.4 is 0 Å². The fraction of sp³-hybridized carbons (Fsp3) is 0.778. The molecule has 0 spiro atoms. The summed E-state index contributed by atoms with van der Waals surface area (Å²) in [6.07, 6.45) is 1.96. The number of sulfone groups is 1. The lowest BCUT2D eigenvalue weighted by molar-refractivity contribution is 0.437. The highest BCUT2D eigenvalue weighted by Gasteiger charge is 2.27. The molecule has 1 aromatic rings. The second-order valence-electron chi connectivity index (χ2n) is 3.99. The van der Waals surface area contributed by atoms with Gasteiger partial charge in [0.1, 0.15) is 15.7 Å². The summed E-state index contributed by atoms with van der Waals surface area (Å²) in [4.78, 5) is 0. The van der Waals surface area contributed by atoms with Gasteiger partial charge in [-0.25, -0.2) is 8.42 Å². The maximum atomic E-state index is 11.3. The third kappa shape index (κ3) is 2.22. The molecule has 7 heteroatoms. The Morgan fingerprint density at radius 3 is 2.56 bits per heavy atom. The van der Waals surface area contributed by atoms with E-state index in [1.54, 1.807) is 0 Å². The molecule has 0 atom stereocenters. The highest BCUT2D eigenvalue weighted by molar-refractivity contribution is 7.91. The molecular weight excluding hydrogens is 250 g/mol. The topological polar surface area (TPSA) is 64.8 Å². The normalized spacial score (nSPS) is 21.1. The molecule has 0 aromatic carbocycles. The summed E-state index contributed by atoms with van der Waals surface area (Å²) < 4.78 is 24.5. The fourth-order valence-electron chi connectivity index (χ4n) is 2.04. The van der Waals surface area contributed by atoms with E-state index in [4.69, 9.17) is 11.6 Å². The van der Waals surface area contributed by atoms with Gasteiger partial charge in [0.25, 0.3) is 0 Å². The molecule has 0 bridgehead atoms. The summed E-state index contributed by atoms with van der Waals surface area (Å²) in [5.41, 5.74) is 0. The highest BCUT2D eigenvalue weighted by atomic mass is 35.5. The zero-order valence-corrected chi connectivity index (χ0v) is 10.6. The number of aryl methyl sites for hydroxylation is 1. The van der Waals surface area contributed by atoms with Crippen LogP contribution >= 0.6 is 11.6 Å². The first-order valence-corrected chi connectivity index (χ1v) is 7.53. The predicted molar refractivity (Wildman–Crippen MR) is 61.3 cm³/mol. The van der Waals surface area contributed by atoms with Gasteiger partial charge in [-0.3, -0.25) is 4.57 Å². The Morgan fingerprint density at radius 2 is 2.00 bits per heavy atom. The van der Waals surface area contributed by atoms with Crippen molar-refractivity contribution in [2.24, 2.45) is 0 Å². The molecule has 0 saturated carbocycles. The van der Waals surface area contributed by atoms with Gasteiger partial charge in [0, 0.05) is 12.5 Å². The lowest BCUT2D eigenvalue weighted by Gasteiger charge is -2.24. The van der Waals surface area contributed by atoms with Crippen molar-refractivity contribution in [3.05, 3.63) is 11.1 Å². The molecule has 5 nitrogen and oxygen atoms in total. The smallest absolute Gasteiger partial charge is 0.225 e. The van der Waals surface area contributed by atoms with Crippen molar-refractivity contribution in [3.8, 4) is 0 Å². The SMILES string of the molecule is CCc1nnc(Cl)n1C1CCS(=O)(=O)CC1. The Labute approximate surface area is 99.7 Å². The Balaban J connectivity index is 2.22. The van der Waals surface area contributed by atoms with E-state index in [0.29, 0.717) is 18.1 Å². The molecule has 0 N–H and O–H groups in total. The first kappa shape index (κ1) is 11.9. The van der Waals surface area contributed by atoms with Crippen LogP contribution in [-0.2, 0) is 16.3 Å². The van der Waals surface area contributed by atoms with Crippen LogP contribution in [0.25, 0.3) is 0 Å². The average molecular weight is 264 g/mol. The van der Waals surface area contributed by atoms with Gasteiger partial charge in [-0.15, -0.1) is 10.2 Å². The van der Waals surface area contributed by atoms with Crippen molar-refractivity contribution >= 4 is 21.4 Å². The second kappa shape index (κ2) is 4.33. The molecule has 2 heterocycles. The number of rotatable bonds is 2. The van der Waals surface area contributed by atoms with Gasteiger partial charge in [-0.05, 0) is 24.4 Å². The molecule has 2 rings (SSSR count). The van der Waals surface area contributed by atoms with Gasteiger partial charge in [0.15, 0.2) is 0 Å². The van der Waals surface area contributed by atoms with Gasteiger partial charge in [-0.1, -0.05) is 6.92 Å². The molecule has 0 unspecified atom stereocenters. The van der Waals surface area contributed by atoms with E-state index in [9.17, 15) is 8.42 Å². The van der Waals surface area contributed by atoms with Crippen molar-refractivity contribution < 1.29 is 8.42 Å². The molecule has 0 aliphatic carbocycles. The van der Waals surface area contributed by atoms with Crippen LogP contribution in [0, 0.1) is 0 Å². The molecular formula is C9H14ClN3O2S. The van der Waals surface area contributed by atoms with E-state index < -0.39 is 9.84 Å². The molecule has 16 heavy (non-hydrogen) atoms. The summed E-state index contributed by atoms with van der Waals surface area (Å²) in [6.45, 7) is 1.98. The standard InChI is InChI=1S/C9H14ClN3O2S/c1-2-8-11-12-9(10)13(8)7-3-5-16(14,15)6-4-7/h7H,2-6H2,1H3. The minimum Gasteiger partial charge on any atom is -0.299 e. The van der Waals surface area contributed by atoms with Crippen molar-refractivity contribution in [2.45, 2.75) is 32.2 Å². The van der Waals surface area contributed by atoms with Crippen molar-refractivity contribution in [3.63, 3.8) is 0 Å². The Hall–Kier alpha value is -0.620. The van der Waals surface area contributed by atoms with Crippen molar-refractivity contribution in [1.82, 2.24) is 14.8 Å². The Morgan fingerprint density at radius 1 is 1.38 bits per heavy atom. The van der Waals surface area contributed by atoms with Crippen LogP contribution in [-0.4, -0.2) is 34.7 Å². The number of aromatic nitrogens is 3. The van der Waals surface area contributed by atoms with Gasteiger partial charge < -0.3 is 0 Å². The number of halogens is 1. The molecule has 0 radical (unpaired) electrons. The van der Waals surface area contributed by atoms with Crippen molar-refractivity contribution in [1.29, 1.82) is 0 Å². The second-order valence-corrected chi connectivity index (χ2v) is 6.63. The van der Waals surface area contributed by atoms with Crippen LogP contribution in [0.1, 0.15) is 31.6 Å². The summed E-state index contributed by atoms with van der Waals surface area (Å²) in [5, 5.41) is 8.17. The molecule has 1 aliphatic heterocycles. The van der Waals surface area contributed by atoms with Crippen LogP contribution in [0.3, 0.4) is 0 Å². The molecule has 1 aromatic heterocycles. The van der Waals surface area contributed by atoms with E-state index in [0.717, 1.165) is 12.2 Å². The summed E-state index contributed by atoms with van der Waals surface area (Å²) >= 11 is 5.97. The largest absolute Gasteiger partial charge is 0.299 e. The molecule has 90 valence electrons. The first-order chi connectivity index (χ1) is 7.53. The van der Waals surface area contributed by atoms with Gasteiger partial charge in [0.05, 0.1) is 11.5 Å². The Bertz CT molecular complexity index is 469. The third-order valence-electron chi connectivity index (χ3n) is 2.93. The number of nitrogens with zero attached hydrogens (tertiary/aromatic N) is 3. The minimum absolute atomic E-state index is 0.126. The van der Waals surface area contributed by atoms with Crippen LogP contribution in [0.4, 0.5) is 0 Å². The predicted octanol–water partition coefficient (Wildman–Crippen LogP) is 1.24. The number of hydrogen-bond acceptors (Lipinski definition) is 4. The first-order valence-electron chi connectivity index (χ1n) is 5.33. The summed E-state index contributed by atoms with van der Waals surface area (Å²) in [5.74, 6) is 1.29. The van der Waals surface area contributed by atoms with Crippen LogP contribution in [0.5, 0.6) is 0 Å². The monoisotopic (exact) mass is 263 g/mol. The molecule has 1 fully saturated rings. The molecule has 1 aliphatic rings. The third-order valence-corrected chi connectivity index (χ3v) is 4.90. The van der Waals surface area contributed by atoms with Gasteiger partial charge in [-0.2, -0.15) is 0 Å². The highest BCUT2D eigenvalue weighted by Crippen LogP contribution is 2.27. The average Bonchev–Trinajstić information content (AvgIpc) is 2.60. The van der Waals surface area contributed by atoms with Gasteiger partial charge >= 0.3 is 0 Å². The Kier molecular flexibility index (Phi) is 3.21. The maximum Gasteiger partial charge on any atom is 0.225 e. The zero-order valence-electron chi connectivity index (χ0n) is 9.06. The molecule has 1 saturated heterocycles. The lowest BCUT2D eigenvalue weighted by atomic mass is 10.1. The fourth-order valence-corrected chi connectivity index (χ4v) is 3.78. The minimum atomic E-state index is -2.84. The summed E-state index contributed by atoms with van der Waals surface area (Å²) in [6, 6.07) is 0.126. The molecule has 0 amide bonds. The lowest BCUT2D eigenvalue weighted by Crippen LogP contribution is -2.26. The number of hydrogen-bond donors (Lipinski definition) is 0. The zero-order chi connectivity index (χ0) is 11.8. The van der Waals surface area contributed by atoms with Crippen LogP contribution in [0.2, 0.25) is 5.28 Å². The van der Waals surface area contributed by atoms with E-state index in [1.165, 1.54) is 0 Å².